The largest absolute Gasteiger partial charge is 0.506 e. The lowest BCUT2D eigenvalue weighted by molar-refractivity contribution is -0.115. The van der Waals surface area contributed by atoms with Gasteiger partial charge in [-0.1, -0.05) is 34.5 Å². The number of nitrogens with one attached hydrogen (secondary N) is 2. The molecule has 2 aromatic carbocycles. The minimum absolute atomic E-state index is 0.00865. The van der Waals surface area contributed by atoms with Crippen LogP contribution in [-0.4, -0.2) is 41.5 Å². The number of nitrogens with zero attached hydrogens (tertiary/aromatic N) is 1. The second kappa shape index (κ2) is 9.98. The summed E-state index contributed by atoms with van der Waals surface area (Å²) in [4.78, 5) is 25.0. The van der Waals surface area contributed by atoms with Crippen LogP contribution in [0.2, 0.25) is 5.02 Å². The predicted octanol–water partition coefficient (Wildman–Crippen LogP) is 3.56. The van der Waals surface area contributed by atoms with Gasteiger partial charge in [0, 0.05) is 6.07 Å². The Hall–Kier alpha value is -3.83. The molecule has 1 unspecified atom stereocenters. The standard InChI is InChI=1S/C22H20ClN3O7S/c1-12-5-7-14(8-6-12)34(31,32)13(2)21(28)24-16-11-18(27)17(10-15(16)23)25-22(29)20(26-30)19-4-3-9-33-19/h3-11,13,27,30H,1-2H3,(H,24,28)(H,25,29)/b26-20-. The van der Waals surface area contributed by atoms with Gasteiger partial charge in [0.05, 0.1) is 27.6 Å². The number of halogens is 1. The van der Waals surface area contributed by atoms with E-state index in [2.05, 4.69) is 15.8 Å². The summed E-state index contributed by atoms with van der Waals surface area (Å²) in [5, 5.41) is 25.4. The molecule has 0 aliphatic rings. The molecule has 0 spiro atoms. The van der Waals surface area contributed by atoms with Gasteiger partial charge in [-0.25, -0.2) is 8.42 Å². The number of oxime groups is 1. The van der Waals surface area contributed by atoms with E-state index in [0.717, 1.165) is 17.7 Å². The highest BCUT2D eigenvalue weighted by Gasteiger charge is 2.30. The number of aromatic hydroxyl groups is 1. The normalized spacial score (nSPS) is 12.7. The SMILES string of the molecule is Cc1ccc(S(=O)(=O)C(C)C(=O)Nc2cc(O)c(NC(=O)/C(=N\O)c3ccco3)cc2Cl)cc1. The van der Waals surface area contributed by atoms with Crippen LogP contribution >= 0.6 is 11.6 Å². The number of phenolic OH excluding ortho intramolecular Hbond substituents is 1. The number of aryl methyl sites for hydroxylation is 1. The topological polar surface area (TPSA) is 158 Å². The number of sulfone groups is 1. The van der Waals surface area contributed by atoms with Crippen LogP contribution < -0.4 is 10.6 Å². The van der Waals surface area contributed by atoms with Crippen molar-refractivity contribution >= 4 is 50.3 Å². The van der Waals surface area contributed by atoms with Gasteiger partial charge in [0.25, 0.3) is 5.91 Å². The van der Waals surface area contributed by atoms with Crippen molar-refractivity contribution in [1.29, 1.82) is 0 Å². The van der Waals surface area contributed by atoms with Gasteiger partial charge in [-0.15, -0.1) is 0 Å². The Kier molecular flexibility index (Phi) is 7.28. The minimum Gasteiger partial charge on any atom is -0.506 e. The van der Waals surface area contributed by atoms with E-state index in [9.17, 15) is 23.1 Å². The number of anilines is 2. The van der Waals surface area contributed by atoms with Gasteiger partial charge in [-0.2, -0.15) is 0 Å². The Morgan fingerprint density at radius 3 is 2.35 bits per heavy atom. The molecule has 12 heteroatoms. The minimum atomic E-state index is -3.98. The van der Waals surface area contributed by atoms with Crippen molar-refractivity contribution in [2.24, 2.45) is 5.16 Å². The number of rotatable bonds is 7. The van der Waals surface area contributed by atoms with Gasteiger partial charge in [0.15, 0.2) is 15.6 Å². The zero-order valence-electron chi connectivity index (χ0n) is 17.9. The second-order valence-electron chi connectivity index (χ2n) is 7.22. The Balaban J connectivity index is 1.77. The van der Waals surface area contributed by atoms with Crippen molar-refractivity contribution in [3.63, 3.8) is 0 Å². The summed E-state index contributed by atoms with van der Waals surface area (Å²) in [6.45, 7) is 3.04. The molecule has 10 nitrogen and oxygen atoms in total. The Labute approximate surface area is 199 Å². The van der Waals surface area contributed by atoms with Crippen LogP contribution in [0.15, 0.2) is 69.3 Å². The first-order valence-electron chi connectivity index (χ1n) is 9.75. The highest BCUT2D eigenvalue weighted by molar-refractivity contribution is 7.92. The van der Waals surface area contributed by atoms with Crippen LogP contribution in [0, 0.1) is 6.92 Å². The maximum absolute atomic E-state index is 12.8. The van der Waals surface area contributed by atoms with Crippen LogP contribution in [0.5, 0.6) is 5.75 Å². The molecule has 1 atom stereocenters. The average molecular weight is 506 g/mol. The molecule has 0 saturated carbocycles. The second-order valence-corrected chi connectivity index (χ2v) is 9.89. The fraction of sp³-hybridized carbons (Fsp3) is 0.136. The third kappa shape index (κ3) is 5.21. The summed E-state index contributed by atoms with van der Waals surface area (Å²) in [5.41, 5.74) is 0.191. The molecule has 0 fully saturated rings. The summed E-state index contributed by atoms with van der Waals surface area (Å²) < 4.78 is 30.5. The molecule has 3 aromatic rings. The van der Waals surface area contributed by atoms with Crippen molar-refractivity contribution in [1.82, 2.24) is 0 Å². The lowest BCUT2D eigenvalue weighted by Crippen LogP contribution is -2.32. The van der Waals surface area contributed by atoms with E-state index in [-0.39, 0.29) is 27.1 Å². The average Bonchev–Trinajstić information content (AvgIpc) is 3.31. The van der Waals surface area contributed by atoms with Crippen molar-refractivity contribution < 1.29 is 32.7 Å². The zero-order valence-corrected chi connectivity index (χ0v) is 19.5. The Morgan fingerprint density at radius 1 is 1.09 bits per heavy atom. The van der Waals surface area contributed by atoms with Gasteiger partial charge in [0.2, 0.25) is 11.6 Å². The number of amides is 2. The summed E-state index contributed by atoms with van der Waals surface area (Å²) in [6, 6.07) is 11.1. The van der Waals surface area contributed by atoms with Crippen LogP contribution in [-0.2, 0) is 19.4 Å². The van der Waals surface area contributed by atoms with E-state index >= 15 is 0 Å². The number of hydrogen-bond acceptors (Lipinski definition) is 8. The van der Waals surface area contributed by atoms with Crippen LogP contribution in [0.1, 0.15) is 18.2 Å². The lowest BCUT2D eigenvalue weighted by atomic mass is 10.2. The van der Waals surface area contributed by atoms with Gasteiger partial charge in [-0.3, -0.25) is 9.59 Å². The molecule has 0 saturated heterocycles. The van der Waals surface area contributed by atoms with Crippen molar-refractivity contribution in [3.8, 4) is 5.75 Å². The quantitative estimate of drug-likeness (QED) is 0.165. The molecule has 34 heavy (non-hydrogen) atoms. The molecule has 4 N–H and O–H groups in total. The van der Waals surface area contributed by atoms with Gasteiger partial charge >= 0.3 is 0 Å². The van der Waals surface area contributed by atoms with Crippen LogP contribution in [0.3, 0.4) is 0 Å². The number of carbonyl (C=O) groups excluding carboxylic acids is 2. The maximum atomic E-state index is 12.8. The molecule has 178 valence electrons. The van der Waals surface area contributed by atoms with E-state index in [1.54, 1.807) is 12.1 Å². The fourth-order valence-corrected chi connectivity index (χ4v) is 4.34. The van der Waals surface area contributed by atoms with Crippen molar-refractivity contribution in [2.45, 2.75) is 24.0 Å². The molecule has 0 radical (unpaired) electrons. The highest BCUT2D eigenvalue weighted by Crippen LogP contribution is 2.34. The molecular formula is C22H20ClN3O7S. The summed E-state index contributed by atoms with van der Waals surface area (Å²) in [5.74, 6) is -2.28. The first kappa shape index (κ1) is 24.8. The Morgan fingerprint density at radius 2 is 1.76 bits per heavy atom. The third-order valence-corrected chi connectivity index (χ3v) is 7.23. The number of benzene rings is 2. The van der Waals surface area contributed by atoms with E-state index in [4.69, 9.17) is 21.2 Å². The molecule has 1 aromatic heterocycles. The molecule has 1 heterocycles. The monoisotopic (exact) mass is 505 g/mol. The summed E-state index contributed by atoms with van der Waals surface area (Å²) in [6.07, 6.45) is 1.28. The highest BCUT2D eigenvalue weighted by atomic mass is 35.5. The van der Waals surface area contributed by atoms with Gasteiger partial charge < -0.3 is 25.4 Å². The molecular weight excluding hydrogens is 486 g/mol. The summed E-state index contributed by atoms with van der Waals surface area (Å²) >= 11 is 6.17. The van der Waals surface area contributed by atoms with Crippen molar-refractivity contribution in [3.05, 3.63) is 71.1 Å². The summed E-state index contributed by atoms with van der Waals surface area (Å²) in [7, 11) is -3.98. The maximum Gasteiger partial charge on any atom is 0.281 e. The predicted molar refractivity (Wildman–Crippen MR) is 125 cm³/mol. The van der Waals surface area contributed by atoms with E-state index in [1.807, 2.05) is 6.92 Å². The van der Waals surface area contributed by atoms with E-state index < -0.39 is 38.4 Å². The molecule has 0 aliphatic heterocycles. The molecule has 2 amide bonds. The van der Waals surface area contributed by atoms with Crippen LogP contribution in [0.25, 0.3) is 0 Å². The molecule has 0 aliphatic carbocycles. The Bertz CT molecular complexity index is 1350. The van der Waals surface area contributed by atoms with Crippen molar-refractivity contribution in [2.75, 3.05) is 10.6 Å². The molecule has 0 bridgehead atoms. The van der Waals surface area contributed by atoms with Crippen LogP contribution in [0.4, 0.5) is 11.4 Å². The first-order valence-corrected chi connectivity index (χ1v) is 11.7. The number of carbonyl (C=O) groups is 2. The zero-order chi connectivity index (χ0) is 25.0. The lowest BCUT2D eigenvalue weighted by Gasteiger charge is -2.16. The van der Waals surface area contributed by atoms with E-state index in [1.165, 1.54) is 37.5 Å². The fourth-order valence-electron chi connectivity index (χ4n) is 2.87. The third-order valence-electron chi connectivity index (χ3n) is 4.85. The number of furan rings is 1. The first-order chi connectivity index (χ1) is 16.0. The molecule has 3 rings (SSSR count). The number of phenols is 1. The van der Waals surface area contributed by atoms with Gasteiger partial charge in [0.1, 0.15) is 11.0 Å². The van der Waals surface area contributed by atoms with Gasteiger partial charge in [-0.05, 0) is 44.2 Å². The number of hydrogen-bond donors (Lipinski definition) is 4. The van der Waals surface area contributed by atoms with E-state index in [0.29, 0.717) is 0 Å². The smallest absolute Gasteiger partial charge is 0.281 e.